The van der Waals surface area contributed by atoms with Crippen LogP contribution in [-0.4, -0.2) is 43.8 Å². The molecule has 2 amide bonds. The molecule has 46 heavy (non-hydrogen) atoms. The molecule has 4 aromatic carbocycles. The molecule has 0 aromatic heterocycles. The van der Waals surface area contributed by atoms with Crippen molar-refractivity contribution < 1.29 is 18.0 Å². The second-order valence-corrected chi connectivity index (χ2v) is 14.1. The summed E-state index contributed by atoms with van der Waals surface area (Å²) in [5.74, 6) is -0.991. The maximum Gasteiger partial charge on any atom is 0.264 e. The highest BCUT2D eigenvalue weighted by molar-refractivity contribution is 7.92. The third-order valence-corrected chi connectivity index (χ3v) is 10.5. The summed E-state index contributed by atoms with van der Waals surface area (Å²) < 4.78 is 29.5. The Morgan fingerprint density at radius 1 is 0.826 bits per heavy atom. The molecule has 1 N–H and O–H groups in total. The van der Waals surface area contributed by atoms with Crippen molar-refractivity contribution in [2.75, 3.05) is 10.8 Å². The van der Waals surface area contributed by atoms with Crippen molar-refractivity contribution >= 4 is 62.3 Å². The molecule has 0 spiro atoms. The third kappa shape index (κ3) is 8.62. The normalized spacial score (nSPS) is 12.7. The summed E-state index contributed by atoms with van der Waals surface area (Å²) in [5.41, 5.74) is 2.23. The Balaban J connectivity index is 1.85. The second-order valence-electron chi connectivity index (χ2n) is 11.0. The maximum absolute atomic E-state index is 14.6. The topological polar surface area (TPSA) is 86.8 Å². The van der Waals surface area contributed by atoms with Crippen molar-refractivity contribution in [3.8, 4) is 0 Å². The summed E-state index contributed by atoms with van der Waals surface area (Å²) in [7, 11) is -4.26. The molecule has 0 aliphatic heterocycles. The van der Waals surface area contributed by atoms with Gasteiger partial charge in [-0.1, -0.05) is 96.3 Å². The van der Waals surface area contributed by atoms with Crippen LogP contribution in [0.2, 0.25) is 15.1 Å². The van der Waals surface area contributed by atoms with Crippen molar-refractivity contribution in [3.05, 3.63) is 129 Å². The fourth-order valence-corrected chi connectivity index (χ4v) is 7.06. The molecule has 0 aliphatic carbocycles. The molecule has 0 fully saturated rings. The molecule has 0 radical (unpaired) electrons. The number of hydrogen-bond acceptors (Lipinski definition) is 4. The number of para-hydroxylation sites is 1. The minimum absolute atomic E-state index is 0.0380. The Morgan fingerprint density at radius 2 is 1.43 bits per heavy atom. The number of aryl methyl sites for hydroxylation is 1. The molecule has 11 heteroatoms. The van der Waals surface area contributed by atoms with Crippen LogP contribution in [0.4, 0.5) is 5.69 Å². The Bertz CT molecular complexity index is 1750. The van der Waals surface area contributed by atoms with Crippen LogP contribution >= 0.6 is 34.8 Å². The van der Waals surface area contributed by atoms with Gasteiger partial charge >= 0.3 is 0 Å². The first-order chi connectivity index (χ1) is 21.9. The summed E-state index contributed by atoms with van der Waals surface area (Å²) in [6, 6.07) is 25.8. The van der Waals surface area contributed by atoms with Gasteiger partial charge in [0.1, 0.15) is 12.6 Å². The molecular formula is C35H36Cl3N3O4S. The predicted octanol–water partition coefficient (Wildman–Crippen LogP) is 7.71. The van der Waals surface area contributed by atoms with Gasteiger partial charge in [-0.25, -0.2) is 8.42 Å². The lowest BCUT2D eigenvalue weighted by Crippen LogP contribution is -2.54. The van der Waals surface area contributed by atoms with E-state index in [9.17, 15) is 18.0 Å². The number of carbonyl (C=O) groups excluding carboxylic acids is 2. The number of anilines is 1. The first-order valence-corrected chi connectivity index (χ1v) is 17.4. The van der Waals surface area contributed by atoms with Crippen LogP contribution in [0, 0.1) is 6.92 Å². The zero-order valence-electron chi connectivity index (χ0n) is 25.8. The number of nitrogens with zero attached hydrogens (tertiary/aromatic N) is 2. The molecule has 0 bridgehead atoms. The van der Waals surface area contributed by atoms with E-state index in [1.807, 2.05) is 44.2 Å². The second kappa shape index (κ2) is 15.8. The summed E-state index contributed by atoms with van der Waals surface area (Å²) in [6.45, 7) is 4.87. The molecule has 7 nitrogen and oxygen atoms in total. The Kier molecular flexibility index (Phi) is 12.1. The number of nitrogens with one attached hydrogen (secondary N) is 1. The van der Waals surface area contributed by atoms with E-state index in [0.717, 1.165) is 9.87 Å². The summed E-state index contributed by atoms with van der Waals surface area (Å²) >= 11 is 19.2. The van der Waals surface area contributed by atoms with Crippen LogP contribution in [-0.2, 0) is 32.6 Å². The lowest BCUT2D eigenvalue weighted by Gasteiger charge is -2.35. The van der Waals surface area contributed by atoms with Gasteiger partial charge in [0.15, 0.2) is 0 Å². The number of rotatable bonds is 13. The number of hydrogen-bond donors (Lipinski definition) is 1. The smallest absolute Gasteiger partial charge is 0.264 e. The van der Waals surface area contributed by atoms with E-state index >= 15 is 0 Å². The summed E-state index contributed by atoms with van der Waals surface area (Å²) in [4.78, 5) is 29.9. The van der Waals surface area contributed by atoms with Gasteiger partial charge in [0, 0.05) is 39.6 Å². The zero-order valence-corrected chi connectivity index (χ0v) is 28.9. The van der Waals surface area contributed by atoms with Crippen LogP contribution in [0.5, 0.6) is 0 Å². The van der Waals surface area contributed by atoms with Gasteiger partial charge < -0.3 is 10.2 Å². The van der Waals surface area contributed by atoms with Crippen molar-refractivity contribution in [1.82, 2.24) is 10.2 Å². The highest BCUT2D eigenvalue weighted by Crippen LogP contribution is 2.30. The summed E-state index contributed by atoms with van der Waals surface area (Å²) in [6.07, 6.45) is 0.847. The number of halogens is 3. The van der Waals surface area contributed by atoms with Gasteiger partial charge in [-0.15, -0.1) is 0 Å². The van der Waals surface area contributed by atoms with Gasteiger partial charge in [-0.2, -0.15) is 0 Å². The van der Waals surface area contributed by atoms with E-state index in [-0.39, 0.29) is 29.8 Å². The SMILES string of the molecule is CC[C@H](C)NC(=O)[C@H](Cc1ccccc1)N(Cc1c(Cl)cccc1Cl)C(=O)CN(c1ccccc1C)S(=O)(=O)c1ccc(Cl)cc1. The van der Waals surface area contributed by atoms with Gasteiger partial charge in [0.2, 0.25) is 11.8 Å². The Labute approximate surface area is 286 Å². The average molecular weight is 701 g/mol. The van der Waals surface area contributed by atoms with E-state index in [1.54, 1.807) is 49.4 Å². The van der Waals surface area contributed by atoms with Crippen molar-refractivity contribution in [3.63, 3.8) is 0 Å². The number of benzene rings is 4. The average Bonchev–Trinajstić information content (AvgIpc) is 3.03. The third-order valence-electron chi connectivity index (χ3n) is 7.73. The molecule has 4 rings (SSSR count). The largest absolute Gasteiger partial charge is 0.352 e. The highest BCUT2D eigenvalue weighted by Gasteiger charge is 2.36. The van der Waals surface area contributed by atoms with Crippen LogP contribution in [0.3, 0.4) is 0 Å². The molecule has 0 saturated heterocycles. The van der Waals surface area contributed by atoms with Gasteiger partial charge in [-0.3, -0.25) is 13.9 Å². The van der Waals surface area contributed by atoms with Crippen LogP contribution in [0.25, 0.3) is 0 Å². The van der Waals surface area contributed by atoms with E-state index in [2.05, 4.69) is 5.32 Å². The number of sulfonamides is 1. The van der Waals surface area contributed by atoms with Gasteiger partial charge in [-0.05, 0) is 73.9 Å². The van der Waals surface area contributed by atoms with Crippen LogP contribution < -0.4 is 9.62 Å². The van der Waals surface area contributed by atoms with Crippen molar-refractivity contribution in [2.45, 2.75) is 57.1 Å². The van der Waals surface area contributed by atoms with Crippen molar-refractivity contribution in [2.24, 2.45) is 0 Å². The molecule has 242 valence electrons. The first kappa shape index (κ1) is 35.3. The fraction of sp³-hybridized carbons (Fsp3) is 0.257. The lowest BCUT2D eigenvalue weighted by molar-refractivity contribution is -0.140. The van der Waals surface area contributed by atoms with Gasteiger partial charge in [0.05, 0.1) is 10.6 Å². The number of amides is 2. The summed E-state index contributed by atoms with van der Waals surface area (Å²) in [5, 5.41) is 4.02. The van der Waals surface area contributed by atoms with E-state index < -0.39 is 28.5 Å². The number of carbonyl (C=O) groups is 2. The lowest BCUT2D eigenvalue weighted by atomic mass is 10.0. The van der Waals surface area contributed by atoms with E-state index in [0.29, 0.717) is 38.3 Å². The van der Waals surface area contributed by atoms with E-state index in [4.69, 9.17) is 34.8 Å². The molecule has 2 atom stereocenters. The minimum atomic E-state index is -4.26. The standard InChI is InChI=1S/C35H36Cl3N3O4S/c1-4-25(3)39-35(43)33(21-26-12-6-5-7-13-26)40(22-29-30(37)14-10-15-31(29)38)34(42)23-41(32-16-9-8-11-24(32)2)46(44,45)28-19-17-27(36)18-20-28/h5-20,25,33H,4,21-23H2,1-3H3,(H,39,43)/t25-,33-/m0/s1. The quantitative estimate of drug-likeness (QED) is 0.155. The molecule has 0 unspecified atom stereocenters. The van der Waals surface area contributed by atoms with Crippen LogP contribution in [0.1, 0.15) is 37.0 Å². The highest BCUT2D eigenvalue weighted by atomic mass is 35.5. The molecule has 0 saturated carbocycles. The zero-order chi connectivity index (χ0) is 33.4. The predicted molar refractivity (Wildman–Crippen MR) is 186 cm³/mol. The monoisotopic (exact) mass is 699 g/mol. The van der Waals surface area contributed by atoms with Crippen molar-refractivity contribution in [1.29, 1.82) is 0 Å². The Morgan fingerprint density at radius 3 is 2.04 bits per heavy atom. The maximum atomic E-state index is 14.6. The van der Waals surface area contributed by atoms with Gasteiger partial charge in [0.25, 0.3) is 10.0 Å². The molecule has 0 aliphatic rings. The molecule has 0 heterocycles. The van der Waals surface area contributed by atoms with E-state index in [1.165, 1.54) is 29.2 Å². The molecule has 4 aromatic rings. The Hall–Kier alpha value is -3.56. The van der Waals surface area contributed by atoms with Crippen LogP contribution in [0.15, 0.2) is 102 Å². The molecular weight excluding hydrogens is 665 g/mol. The first-order valence-electron chi connectivity index (χ1n) is 14.8. The fourth-order valence-electron chi connectivity index (χ4n) is 4.94. The minimum Gasteiger partial charge on any atom is -0.352 e.